The summed E-state index contributed by atoms with van der Waals surface area (Å²) in [7, 11) is 0. The minimum absolute atomic E-state index is 0.246. The average molecular weight is 330 g/mol. The SMILES string of the molecule is CC(C)n1c(CN)nnc1-c1ccc(Br)c(Cl)c1. The van der Waals surface area contributed by atoms with Crippen LogP contribution in [-0.4, -0.2) is 14.8 Å². The van der Waals surface area contributed by atoms with Crippen LogP contribution in [-0.2, 0) is 6.54 Å². The van der Waals surface area contributed by atoms with Gasteiger partial charge in [-0.2, -0.15) is 0 Å². The summed E-state index contributed by atoms with van der Waals surface area (Å²) in [5, 5.41) is 8.98. The van der Waals surface area contributed by atoms with Crippen molar-refractivity contribution < 1.29 is 0 Å². The molecule has 0 atom stereocenters. The first kappa shape index (κ1) is 13.5. The number of rotatable bonds is 3. The number of benzene rings is 1. The van der Waals surface area contributed by atoms with Gasteiger partial charge in [0.05, 0.1) is 11.6 Å². The lowest BCUT2D eigenvalue weighted by molar-refractivity contribution is 0.574. The number of halogens is 2. The van der Waals surface area contributed by atoms with Crippen molar-refractivity contribution in [2.75, 3.05) is 0 Å². The third-order valence-corrected chi connectivity index (χ3v) is 3.88. The van der Waals surface area contributed by atoms with Crippen molar-refractivity contribution in [1.82, 2.24) is 14.8 Å². The molecular formula is C12H14BrClN4. The summed E-state index contributed by atoms with van der Waals surface area (Å²) in [5.41, 5.74) is 6.61. The van der Waals surface area contributed by atoms with Crippen molar-refractivity contribution in [3.8, 4) is 11.4 Å². The fourth-order valence-electron chi connectivity index (χ4n) is 1.84. The fourth-order valence-corrected chi connectivity index (χ4v) is 2.26. The molecule has 2 N–H and O–H groups in total. The molecule has 0 fully saturated rings. The Morgan fingerprint density at radius 1 is 1.39 bits per heavy atom. The number of hydrogen-bond donors (Lipinski definition) is 1. The predicted molar refractivity (Wildman–Crippen MR) is 76.4 cm³/mol. The Kier molecular flexibility index (Phi) is 4.04. The van der Waals surface area contributed by atoms with E-state index in [9.17, 15) is 0 Å². The van der Waals surface area contributed by atoms with Crippen LogP contribution in [0.3, 0.4) is 0 Å². The molecule has 0 aliphatic carbocycles. The van der Waals surface area contributed by atoms with Crippen LogP contribution in [0.2, 0.25) is 5.02 Å². The summed E-state index contributed by atoms with van der Waals surface area (Å²) in [6, 6.07) is 5.98. The minimum Gasteiger partial charge on any atom is -0.324 e. The van der Waals surface area contributed by atoms with Gasteiger partial charge in [-0.05, 0) is 48.0 Å². The van der Waals surface area contributed by atoms with Crippen LogP contribution in [0.25, 0.3) is 11.4 Å². The maximum absolute atomic E-state index is 6.11. The van der Waals surface area contributed by atoms with Gasteiger partial charge in [0.25, 0.3) is 0 Å². The van der Waals surface area contributed by atoms with Gasteiger partial charge in [0.15, 0.2) is 5.82 Å². The minimum atomic E-state index is 0.246. The molecule has 6 heteroatoms. The molecule has 0 aliphatic rings. The van der Waals surface area contributed by atoms with Crippen LogP contribution in [0.4, 0.5) is 0 Å². The van der Waals surface area contributed by atoms with E-state index in [4.69, 9.17) is 17.3 Å². The van der Waals surface area contributed by atoms with Gasteiger partial charge in [-0.15, -0.1) is 10.2 Å². The summed E-state index contributed by atoms with van der Waals surface area (Å²) in [4.78, 5) is 0. The van der Waals surface area contributed by atoms with E-state index in [1.165, 1.54) is 0 Å². The van der Waals surface area contributed by atoms with Crippen molar-refractivity contribution in [3.05, 3.63) is 33.5 Å². The molecule has 1 aromatic heterocycles. The van der Waals surface area contributed by atoms with Crippen molar-refractivity contribution in [3.63, 3.8) is 0 Å². The van der Waals surface area contributed by atoms with Crippen LogP contribution in [0, 0.1) is 0 Å². The normalized spacial score (nSPS) is 11.2. The lowest BCUT2D eigenvalue weighted by atomic mass is 10.2. The monoisotopic (exact) mass is 328 g/mol. The van der Waals surface area contributed by atoms with Crippen molar-refractivity contribution in [1.29, 1.82) is 0 Å². The van der Waals surface area contributed by atoms with E-state index in [0.717, 1.165) is 21.7 Å². The molecule has 4 nitrogen and oxygen atoms in total. The van der Waals surface area contributed by atoms with Crippen LogP contribution in [0.5, 0.6) is 0 Å². The molecule has 0 saturated carbocycles. The average Bonchev–Trinajstić information content (AvgIpc) is 2.76. The molecule has 2 rings (SSSR count). The molecule has 1 heterocycles. The third-order valence-electron chi connectivity index (χ3n) is 2.64. The topological polar surface area (TPSA) is 56.7 Å². The van der Waals surface area contributed by atoms with E-state index in [1.54, 1.807) is 0 Å². The zero-order valence-corrected chi connectivity index (χ0v) is 12.5. The van der Waals surface area contributed by atoms with Gasteiger partial charge in [-0.1, -0.05) is 11.6 Å². The van der Waals surface area contributed by atoms with Crippen molar-refractivity contribution in [2.24, 2.45) is 5.73 Å². The molecule has 0 amide bonds. The predicted octanol–water partition coefficient (Wildman–Crippen LogP) is 3.40. The Balaban J connectivity index is 2.56. The second kappa shape index (κ2) is 5.38. The Labute approximate surface area is 119 Å². The van der Waals surface area contributed by atoms with E-state index in [1.807, 2.05) is 22.8 Å². The molecule has 0 aliphatic heterocycles. The first-order chi connectivity index (χ1) is 8.54. The molecule has 0 unspecified atom stereocenters. The highest BCUT2D eigenvalue weighted by atomic mass is 79.9. The number of hydrogen-bond acceptors (Lipinski definition) is 3. The second-order valence-electron chi connectivity index (χ2n) is 4.24. The molecule has 0 spiro atoms. The Morgan fingerprint density at radius 2 is 2.11 bits per heavy atom. The molecule has 1 aromatic carbocycles. The molecule has 2 aromatic rings. The highest BCUT2D eigenvalue weighted by Gasteiger charge is 2.15. The van der Waals surface area contributed by atoms with Gasteiger partial charge in [-0.3, -0.25) is 0 Å². The van der Waals surface area contributed by atoms with Crippen LogP contribution < -0.4 is 5.73 Å². The smallest absolute Gasteiger partial charge is 0.164 e. The molecule has 18 heavy (non-hydrogen) atoms. The standard InChI is InChI=1S/C12H14BrClN4/c1-7(2)18-11(6-15)16-17-12(18)8-3-4-9(13)10(14)5-8/h3-5,7H,6,15H2,1-2H3. The quantitative estimate of drug-likeness (QED) is 0.939. The summed E-state index contributed by atoms with van der Waals surface area (Å²) in [5.74, 6) is 1.57. The van der Waals surface area contributed by atoms with Gasteiger partial charge in [-0.25, -0.2) is 0 Å². The third kappa shape index (κ3) is 2.43. The Morgan fingerprint density at radius 3 is 2.67 bits per heavy atom. The summed E-state index contributed by atoms with van der Waals surface area (Å²) in [6.45, 7) is 4.52. The van der Waals surface area contributed by atoms with Crippen molar-refractivity contribution in [2.45, 2.75) is 26.4 Å². The zero-order valence-electron chi connectivity index (χ0n) is 10.2. The summed E-state index contributed by atoms with van der Waals surface area (Å²) in [6.07, 6.45) is 0. The number of nitrogens with zero attached hydrogens (tertiary/aromatic N) is 3. The number of aromatic nitrogens is 3. The van der Waals surface area contributed by atoms with Crippen molar-refractivity contribution >= 4 is 27.5 Å². The van der Waals surface area contributed by atoms with Crippen LogP contribution >= 0.6 is 27.5 Å². The van der Waals surface area contributed by atoms with Gasteiger partial charge in [0, 0.05) is 16.1 Å². The van der Waals surface area contributed by atoms with Gasteiger partial charge >= 0.3 is 0 Å². The van der Waals surface area contributed by atoms with Gasteiger partial charge < -0.3 is 10.3 Å². The lowest BCUT2D eigenvalue weighted by Crippen LogP contribution is -2.11. The van der Waals surface area contributed by atoms with Crippen LogP contribution in [0.1, 0.15) is 25.7 Å². The van der Waals surface area contributed by atoms with E-state index in [0.29, 0.717) is 11.6 Å². The summed E-state index contributed by atoms with van der Waals surface area (Å²) < 4.78 is 2.89. The number of nitrogens with two attached hydrogens (primary N) is 1. The largest absolute Gasteiger partial charge is 0.324 e. The van der Waals surface area contributed by atoms with Crippen LogP contribution in [0.15, 0.2) is 22.7 Å². The lowest BCUT2D eigenvalue weighted by Gasteiger charge is -2.13. The highest BCUT2D eigenvalue weighted by Crippen LogP contribution is 2.29. The first-order valence-corrected chi connectivity index (χ1v) is 6.81. The second-order valence-corrected chi connectivity index (χ2v) is 5.50. The maximum Gasteiger partial charge on any atom is 0.164 e. The molecule has 96 valence electrons. The Bertz CT molecular complexity index is 565. The molecule has 0 radical (unpaired) electrons. The molecule has 0 bridgehead atoms. The van der Waals surface area contributed by atoms with E-state index in [-0.39, 0.29) is 6.04 Å². The Hall–Kier alpha value is -0.910. The highest BCUT2D eigenvalue weighted by molar-refractivity contribution is 9.10. The van der Waals surface area contributed by atoms with Gasteiger partial charge in [0.2, 0.25) is 0 Å². The maximum atomic E-state index is 6.11. The van der Waals surface area contributed by atoms with E-state index in [2.05, 4.69) is 40.0 Å². The van der Waals surface area contributed by atoms with E-state index >= 15 is 0 Å². The summed E-state index contributed by atoms with van der Waals surface area (Å²) >= 11 is 9.48. The van der Waals surface area contributed by atoms with E-state index < -0.39 is 0 Å². The first-order valence-electron chi connectivity index (χ1n) is 5.64. The zero-order chi connectivity index (χ0) is 13.3. The molecule has 0 saturated heterocycles. The fraction of sp³-hybridized carbons (Fsp3) is 0.333. The molecular weight excluding hydrogens is 316 g/mol. The van der Waals surface area contributed by atoms with Gasteiger partial charge in [0.1, 0.15) is 5.82 Å².